The molecule has 1 saturated carbocycles. The second-order valence-corrected chi connectivity index (χ2v) is 7.21. The van der Waals surface area contributed by atoms with E-state index in [1.165, 1.54) is 0 Å². The van der Waals surface area contributed by atoms with E-state index in [2.05, 4.69) is 17.6 Å². The Bertz CT molecular complexity index is 613. The van der Waals surface area contributed by atoms with Crippen molar-refractivity contribution in [1.29, 1.82) is 0 Å². The van der Waals surface area contributed by atoms with Gasteiger partial charge < -0.3 is 20.3 Å². The van der Waals surface area contributed by atoms with Gasteiger partial charge in [0, 0.05) is 19.1 Å². The Kier molecular flexibility index (Phi) is 5.46. The van der Waals surface area contributed by atoms with Crippen LogP contribution in [-0.2, 0) is 4.79 Å². The lowest BCUT2D eigenvalue weighted by atomic mass is 10.1. The minimum absolute atomic E-state index is 0.00563. The number of rotatable bonds is 6. The van der Waals surface area contributed by atoms with E-state index in [1.807, 2.05) is 36.1 Å². The molecule has 0 bridgehead atoms. The molecule has 2 aliphatic rings. The molecule has 2 atom stereocenters. The van der Waals surface area contributed by atoms with Crippen LogP contribution in [0.5, 0.6) is 5.75 Å². The highest BCUT2D eigenvalue weighted by Crippen LogP contribution is 2.20. The summed E-state index contributed by atoms with van der Waals surface area (Å²) in [5, 5.41) is 5.93. The van der Waals surface area contributed by atoms with Crippen LogP contribution in [0.4, 0.5) is 4.79 Å². The van der Waals surface area contributed by atoms with E-state index in [0.29, 0.717) is 17.7 Å². The third kappa shape index (κ3) is 5.11. The number of benzene rings is 1. The highest BCUT2D eigenvalue weighted by molar-refractivity contribution is 5.78. The van der Waals surface area contributed by atoms with Gasteiger partial charge in [-0.25, -0.2) is 4.79 Å². The number of amides is 3. The average molecular weight is 345 g/mol. The van der Waals surface area contributed by atoms with Crippen molar-refractivity contribution in [2.24, 2.45) is 5.92 Å². The number of urea groups is 1. The first-order valence-corrected chi connectivity index (χ1v) is 9.09. The molecule has 0 radical (unpaired) electrons. The van der Waals surface area contributed by atoms with Gasteiger partial charge in [0.15, 0.2) is 6.61 Å². The van der Waals surface area contributed by atoms with E-state index >= 15 is 0 Å². The number of carbonyl (C=O) groups excluding carboxylic acids is 2. The van der Waals surface area contributed by atoms with E-state index < -0.39 is 0 Å². The fourth-order valence-corrected chi connectivity index (χ4v) is 2.98. The number of carbonyl (C=O) groups is 2. The van der Waals surface area contributed by atoms with Gasteiger partial charge in [0.1, 0.15) is 5.75 Å². The number of hydrogen-bond donors (Lipinski definition) is 2. The van der Waals surface area contributed by atoms with E-state index in [1.54, 1.807) is 0 Å². The van der Waals surface area contributed by atoms with E-state index in [4.69, 9.17) is 4.74 Å². The second-order valence-electron chi connectivity index (χ2n) is 7.21. The number of hydrogen-bond acceptors (Lipinski definition) is 3. The Labute approximate surface area is 148 Å². The van der Waals surface area contributed by atoms with Crippen molar-refractivity contribution in [2.75, 3.05) is 19.7 Å². The summed E-state index contributed by atoms with van der Waals surface area (Å²) in [7, 11) is 0. The van der Waals surface area contributed by atoms with Crippen LogP contribution in [0.25, 0.3) is 0 Å². The molecule has 2 fully saturated rings. The lowest BCUT2D eigenvalue weighted by Crippen LogP contribution is -2.39. The van der Waals surface area contributed by atoms with Crippen molar-refractivity contribution in [2.45, 2.75) is 45.2 Å². The summed E-state index contributed by atoms with van der Waals surface area (Å²) >= 11 is 0. The maximum atomic E-state index is 12.3. The SMILES string of the molecule is C[C@@H]1CCN(C(=O)N[C@H](C)c2ccc(OCC(=O)NC3CC3)cc2)C1. The number of ether oxygens (including phenoxy) is 1. The Hall–Kier alpha value is -2.24. The van der Waals surface area contributed by atoms with Crippen LogP contribution in [0.2, 0.25) is 0 Å². The minimum atomic E-state index is -0.0768. The van der Waals surface area contributed by atoms with Crippen molar-refractivity contribution in [1.82, 2.24) is 15.5 Å². The molecule has 25 heavy (non-hydrogen) atoms. The van der Waals surface area contributed by atoms with Gasteiger partial charge in [0.2, 0.25) is 0 Å². The third-order valence-electron chi connectivity index (χ3n) is 4.74. The topological polar surface area (TPSA) is 70.7 Å². The molecule has 1 aliphatic carbocycles. The van der Waals surface area contributed by atoms with Crippen LogP contribution >= 0.6 is 0 Å². The van der Waals surface area contributed by atoms with Crippen LogP contribution in [0.15, 0.2) is 24.3 Å². The van der Waals surface area contributed by atoms with Crippen molar-refractivity contribution in [3.8, 4) is 5.75 Å². The van der Waals surface area contributed by atoms with Crippen molar-refractivity contribution in [3.63, 3.8) is 0 Å². The van der Waals surface area contributed by atoms with Gasteiger partial charge in [0.25, 0.3) is 5.91 Å². The normalized spacial score (nSPS) is 20.9. The zero-order chi connectivity index (χ0) is 17.8. The molecular weight excluding hydrogens is 318 g/mol. The van der Waals surface area contributed by atoms with Crippen LogP contribution in [0.1, 0.15) is 44.7 Å². The van der Waals surface area contributed by atoms with Gasteiger partial charge in [0.05, 0.1) is 6.04 Å². The maximum absolute atomic E-state index is 12.3. The van der Waals surface area contributed by atoms with Crippen LogP contribution in [0, 0.1) is 5.92 Å². The fourth-order valence-electron chi connectivity index (χ4n) is 2.98. The smallest absolute Gasteiger partial charge is 0.317 e. The molecule has 1 aliphatic heterocycles. The average Bonchev–Trinajstić information content (AvgIpc) is 3.30. The maximum Gasteiger partial charge on any atom is 0.317 e. The zero-order valence-corrected chi connectivity index (χ0v) is 15.0. The quantitative estimate of drug-likeness (QED) is 0.832. The lowest BCUT2D eigenvalue weighted by Gasteiger charge is -2.21. The van der Waals surface area contributed by atoms with Crippen LogP contribution in [0.3, 0.4) is 0 Å². The molecule has 3 amide bonds. The van der Waals surface area contributed by atoms with Crippen molar-refractivity contribution >= 4 is 11.9 Å². The minimum Gasteiger partial charge on any atom is -0.484 e. The van der Waals surface area contributed by atoms with Crippen molar-refractivity contribution in [3.05, 3.63) is 29.8 Å². The molecule has 6 heteroatoms. The standard InChI is InChI=1S/C19H27N3O3/c1-13-9-10-22(11-13)19(24)20-14(2)15-3-7-17(8-4-15)25-12-18(23)21-16-5-6-16/h3-4,7-8,13-14,16H,5-6,9-12H2,1-2H3,(H,20,24)(H,21,23)/t13-,14-/m1/s1. The molecule has 1 saturated heterocycles. The molecule has 1 aromatic carbocycles. The first-order chi connectivity index (χ1) is 12.0. The first-order valence-electron chi connectivity index (χ1n) is 9.09. The summed E-state index contributed by atoms with van der Waals surface area (Å²) in [6.45, 7) is 5.83. The first kappa shape index (κ1) is 17.6. The monoisotopic (exact) mass is 345 g/mol. The van der Waals surface area contributed by atoms with Crippen molar-refractivity contribution < 1.29 is 14.3 Å². The highest BCUT2D eigenvalue weighted by Gasteiger charge is 2.24. The van der Waals surface area contributed by atoms with Crippen LogP contribution in [-0.4, -0.2) is 42.6 Å². The molecule has 0 aromatic heterocycles. The molecule has 0 spiro atoms. The van der Waals surface area contributed by atoms with E-state index in [-0.39, 0.29) is 24.6 Å². The third-order valence-corrected chi connectivity index (χ3v) is 4.74. The predicted molar refractivity (Wildman–Crippen MR) is 95.4 cm³/mol. The summed E-state index contributed by atoms with van der Waals surface area (Å²) < 4.78 is 5.50. The largest absolute Gasteiger partial charge is 0.484 e. The van der Waals surface area contributed by atoms with Gasteiger partial charge >= 0.3 is 6.03 Å². The summed E-state index contributed by atoms with van der Waals surface area (Å²) in [5.74, 6) is 1.16. The number of likely N-dealkylation sites (tertiary alicyclic amines) is 1. The van der Waals surface area contributed by atoms with E-state index in [0.717, 1.165) is 37.9 Å². The summed E-state index contributed by atoms with van der Waals surface area (Å²) in [6.07, 6.45) is 3.21. The molecule has 0 unspecified atom stereocenters. The van der Waals surface area contributed by atoms with Gasteiger partial charge in [-0.05, 0) is 49.8 Å². The molecule has 3 rings (SSSR count). The molecule has 1 heterocycles. The Morgan fingerprint density at radius 3 is 2.56 bits per heavy atom. The fraction of sp³-hybridized carbons (Fsp3) is 0.579. The second kappa shape index (κ2) is 7.76. The summed E-state index contributed by atoms with van der Waals surface area (Å²) in [6, 6.07) is 7.78. The molecule has 2 N–H and O–H groups in total. The highest BCUT2D eigenvalue weighted by atomic mass is 16.5. The van der Waals surface area contributed by atoms with Crippen LogP contribution < -0.4 is 15.4 Å². The number of nitrogens with zero attached hydrogens (tertiary/aromatic N) is 1. The lowest BCUT2D eigenvalue weighted by molar-refractivity contribution is -0.123. The molecule has 6 nitrogen and oxygen atoms in total. The molecular formula is C19H27N3O3. The Balaban J connectivity index is 1.45. The molecule has 1 aromatic rings. The summed E-state index contributed by atoms with van der Waals surface area (Å²) in [4.78, 5) is 25.8. The Morgan fingerprint density at radius 2 is 1.96 bits per heavy atom. The molecule has 136 valence electrons. The summed E-state index contributed by atoms with van der Waals surface area (Å²) in [5.41, 5.74) is 1.01. The van der Waals surface area contributed by atoms with Gasteiger partial charge in [-0.2, -0.15) is 0 Å². The van der Waals surface area contributed by atoms with Gasteiger partial charge in [-0.3, -0.25) is 4.79 Å². The zero-order valence-electron chi connectivity index (χ0n) is 15.0. The van der Waals surface area contributed by atoms with E-state index in [9.17, 15) is 9.59 Å². The predicted octanol–water partition coefficient (Wildman–Crippen LogP) is 2.46. The van der Waals surface area contributed by atoms with Gasteiger partial charge in [-0.1, -0.05) is 19.1 Å². The van der Waals surface area contributed by atoms with Gasteiger partial charge in [-0.15, -0.1) is 0 Å². The Morgan fingerprint density at radius 1 is 1.24 bits per heavy atom. The number of nitrogens with one attached hydrogen (secondary N) is 2.